The third-order valence-corrected chi connectivity index (χ3v) is 3.64. The molecule has 0 spiro atoms. The second-order valence-electron chi connectivity index (χ2n) is 6.84. The van der Waals surface area contributed by atoms with Crippen molar-refractivity contribution in [3.63, 3.8) is 0 Å². The highest BCUT2D eigenvalue weighted by Gasteiger charge is 2.36. The van der Waals surface area contributed by atoms with Gasteiger partial charge in [-0.2, -0.15) is 0 Å². The summed E-state index contributed by atoms with van der Waals surface area (Å²) in [6, 6.07) is 6.95. The van der Waals surface area contributed by atoms with E-state index in [1.807, 2.05) is 52.0 Å². The van der Waals surface area contributed by atoms with Crippen LogP contribution in [0.5, 0.6) is 5.75 Å². The lowest BCUT2D eigenvalue weighted by atomic mass is 10.1. The number of hydrogen-bond donors (Lipinski definition) is 1. The Bertz CT molecular complexity index is 627. The largest absolute Gasteiger partial charge is 0.497 e. The van der Waals surface area contributed by atoms with Crippen molar-refractivity contribution in [3.05, 3.63) is 41.5 Å². The number of amides is 2. The van der Waals surface area contributed by atoms with Crippen LogP contribution in [-0.4, -0.2) is 35.4 Å². The first-order chi connectivity index (χ1) is 10.7. The molecule has 5 nitrogen and oxygen atoms in total. The molecule has 1 N–H and O–H groups in total. The van der Waals surface area contributed by atoms with Gasteiger partial charge in [-0.1, -0.05) is 12.1 Å². The van der Waals surface area contributed by atoms with Gasteiger partial charge in [0.15, 0.2) is 0 Å². The number of hydrogen-bond acceptors (Lipinski definition) is 3. The van der Waals surface area contributed by atoms with Gasteiger partial charge in [0.1, 0.15) is 11.8 Å². The normalized spacial score (nSPS) is 18.0. The molecule has 0 aliphatic carbocycles. The summed E-state index contributed by atoms with van der Waals surface area (Å²) in [6.07, 6.45) is 1.54. The number of nitrogens with one attached hydrogen (secondary N) is 1. The first-order valence-electron chi connectivity index (χ1n) is 7.65. The molecule has 2 rings (SSSR count). The van der Waals surface area contributed by atoms with Gasteiger partial charge in [-0.05, 0) is 51.0 Å². The predicted octanol–water partition coefficient (Wildman–Crippen LogP) is 2.27. The highest BCUT2D eigenvalue weighted by molar-refractivity contribution is 6.00. The maximum Gasteiger partial charge on any atom is 0.247 e. The molecule has 1 aliphatic heterocycles. The number of methoxy groups -OCH3 is 1. The summed E-state index contributed by atoms with van der Waals surface area (Å²) in [6.45, 7) is 7.98. The Morgan fingerprint density at radius 2 is 1.87 bits per heavy atom. The van der Waals surface area contributed by atoms with Crippen LogP contribution in [0.3, 0.4) is 0 Å². The van der Waals surface area contributed by atoms with Crippen LogP contribution >= 0.6 is 0 Å². The van der Waals surface area contributed by atoms with E-state index in [-0.39, 0.29) is 17.4 Å². The van der Waals surface area contributed by atoms with Gasteiger partial charge in [-0.25, -0.2) is 0 Å². The smallest absolute Gasteiger partial charge is 0.247 e. The summed E-state index contributed by atoms with van der Waals surface area (Å²) in [5.74, 6) is 0.482. The first kappa shape index (κ1) is 17.1. The number of ether oxygens (including phenoxy) is 1. The number of rotatable bonds is 4. The fraction of sp³-hybridized carbons (Fsp3) is 0.444. The fourth-order valence-electron chi connectivity index (χ4n) is 2.61. The highest BCUT2D eigenvalue weighted by atomic mass is 16.5. The van der Waals surface area contributed by atoms with Crippen LogP contribution in [0.15, 0.2) is 35.9 Å². The van der Waals surface area contributed by atoms with Crippen LogP contribution in [0.25, 0.3) is 0 Å². The quantitative estimate of drug-likeness (QED) is 0.927. The zero-order valence-electron chi connectivity index (χ0n) is 14.3. The van der Waals surface area contributed by atoms with E-state index in [9.17, 15) is 9.59 Å². The second-order valence-corrected chi connectivity index (χ2v) is 6.84. The third-order valence-electron chi connectivity index (χ3n) is 3.64. The van der Waals surface area contributed by atoms with Crippen LogP contribution in [-0.2, 0) is 16.1 Å². The Labute approximate surface area is 137 Å². The van der Waals surface area contributed by atoms with Crippen molar-refractivity contribution in [2.75, 3.05) is 7.11 Å². The first-order valence-corrected chi connectivity index (χ1v) is 7.65. The molecule has 0 fully saturated rings. The van der Waals surface area contributed by atoms with E-state index < -0.39 is 6.04 Å². The van der Waals surface area contributed by atoms with E-state index in [0.29, 0.717) is 6.54 Å². The lowest BCUT2D eigenvalue weighted by Crippen LogP contribution is -2.51. The van der Waals surface area contributed by atoms with E-state index in [1.165, 1.54) is 6.08 Å². The van der Waals surface area contributed by atoms with Crippen molar-refractivity contribution >= 4 is 11.8 Å². The Balaban J connectivity index is 2.17. The van der Waals surface area contributed by atoms with Crippen LogP contribution in [0.1, 0.15) is 33.3 Å². The molecule has 0 saturated heterocycles. The molecule has 124 valence electrons. The van der Waals surface area contributed by atoms with Gasteiger partial charge in [0, 0.05) is 18.2 Å². The minimum absolute atomic E-state index is 0.132. The minimum Gasteiger partial charge on any atom is -0.497 e. The Morgan fingerprint density at radius 3 is 2.39 bits per heavy atom. The van der Waals surface area contributed by atoms with Crippen LogP contribution in [0.4, 0.5) is 0 Å². The summed E-state index contributed by atoms with van der Waals surface area (Å²) >= 11 is 0. The van der Waals surface area contributed by atoms with E-state index in [1.54, 1.807) is 12.0 Å². The standard InChI is InChI=1S/C18H24N2O3/c1-12-10-15(21)20(16(12)17(22)19-18(2,3)4)11-13-6-8-14(23-5)9-7-13/h6-10,16H,11H2,1-5H3,(H,19,22). The van der Waals surface area contributed by atoms with Gasteiger partial charge in [0.05, 0.1) is 7.11 Å². The summed E-state index contributed by atoms with van der Waals surface area (Å²) in [4.78, 5) is 26.4. The molecular formula is C18H24N2O3. The predicted molar refractivity (Wildman–Crippen MR) is 89.0 cm³/mol. The Hall–Kier alpha value is -2.30. The Morgan fingerprint density at radius 1 is 1.26 bits per heavy atom. The molecule has 23 heavy (non-hydrogen) atoms. The van der Waals surface area contributed by atoms with Crippen molar-refractivity contribution in [2.24, 2.45) is 0 Å². The second kappa shape index (κ2) is 6.44. The lowest BCUT2D eigenvalue weighted by Gasteiger charge is -2.29. The molecule has 1 aromatic carbocycles. The maximum atomic E-state index is 12.6. The molecule has 0 radical (unpaired) electrons. The van der Waals surface area contributed by atoms with Crippen LogP contribution < -0.4 is 10.1 Å². The number of benzene rings is 1. The fourth-order valence-corrected chi connectivity index (χ4v) is 2.61. The van der Waals surface area contributed by atoms with Crippen LogP contribution in [0, 0.1) is 0 Å². The summed E-state index contributed by atoms with van der Waals surface area (Å²) < 4.78 is 5.14. The van der Waals surface area contributed by atoms with Gasteiger partial charge in [-0.3, -0.25) is 9.59 Å². The van der Waals surface area contributed by atoms with Crippen molar-refractivity contribution < 1.29 is 14.3 Å². The van der Waals surface area contributed by atoms with Crippen molar-refractivity contribution in [1.29, 1.82) is 0 Å². The molecule has 1 unspecified atom stereocenters. The topological polar surface area (TPSA) is 58.6 Å². The molecule has 0 aromatic heterocycles. The molecule has 5 heteroatoms. The molecule has 2 amide bonds. The summed E-state index contributed by atoms with van der Waals surface area (Å²) in [5, 5.41) is 2.95. The average molecular weight is 316 g/mol. The molecule has 1 atom stereocenters. The van der Waals surface area contributed by atoms with Gasteiger partial charge >= 0.3 is 0 Å². The molecule has 1 heterocycles. The van der Waals surface area contributed by atoms with E-state index in [4.69, 9.17) is 4.74 Å². The zero-order valence-corrected chi connectivity index (χ0v) is 14.3. The van der Waals surface area contributed by atoms with E-state index in [0.717, 1.165) is 16.9 Å². The van der Waals surface area contributed by atoms with Gasteiger partial charge < -0.3 is 15.0 Å². The van der Waals surface area contributed by atoms with Gasteiger partial charge in [0.2, 0.25) is 11.8 Å². The van der Waals surface area contributed by atoms with Crippen molar-refractivity contribution in [2.45, 2.75) is 45.8 Å². The zero-order chi connectivity index (χ0) is 17.2. The van der Waals surface area contributed by atoms with E-state index >= 15 is 0 Å². The minimum atomic E-state index is -0.552. The number of carbonyl (C=O) groups excluding carboxylic acids is 2. The summed E-state index contributed by atoms with van der Waals surface area (Å²) in [7, 11) is 1.61. The van der Waals surface area contributed by atoms with Crippen LogP contribution in [0.2, 0.25) is 0 Å². The Kier molecular flexibility index (Phi) is 4.78. The van der Waals surface area contributed by atoms with Crippen molar-refractivity contribution in [3.8, 4) is 5.75 Å². The van der Waals surface area contributed by atoms with E-state index in [2.05, 4.69) is 5.32 Å². The molecule has 0 bridgehead atoms. The van der Waals surface area contributed by atoms with Crippen molar-refractivity contribution in [1.82, 2.24) is 10.2 Å². The SMILES string of the molecule is COc1ccc(CN2C(=O)C=C(C)C2C(=O)NC(C)(C)C)cc1. The average Bonchev–Trinajstić information content (AvgIpc) is 2.72. The molecule has 0 saturated carbocycles. The van der Waals surface area contributed by atoms with Gasteiger partial charge in [0.25, 0.3) is 0 Å². The number of nitrogens with zero attached hydrogens (tertiary/aromatic N) is 1. The third kappa shape index (κ3) is 4.12. The molecule has 1 aliphatic rings. The van der Waals surface area contributed by atoms with Gasteiger partial charge in [-0.15, -0.1) is 0 Å². The summed E-state index contributed by atoms with van der Waals surface area (Å²) in [5.41, 5.74) is 1.38. The lowest BCUT2D eigenvalue weighted by molar-refractivity contribution is -0.135. The maximum absolute atomic E-state index is 12.6. The number of carbonyl (C=O) groups is 2. The molecule has 1 aromatic rings. The highest BCUT2D eigenvalue weighted by Crippen LogP contribution is 2.23. The molecular weight excluding hydrogens is 292 g/mol. The monoisotopic (exact) mass is 316 g/mol.